The number of amides is 1. The number of carbonyl (C=O) groups excluding carboxylic acids is 1. The van der Waals surface area contributed by atoms with Gasteiger partial charge < -0.3 is 24.5 Å². The number of aromatic nitrogens is 3. The largest absolute Gasteiger partial charge is 0.449 e. The molecule has 9 nitrogen and oxygen atoms in total. The number of nitrogens with one attached hydrogen (secondary N) is 2. The van der Waals surface area contributed by atoms with Crippen LogP contribution in [0.25, 0.3) is 21.9 Å². The Morgan fingerprint density at radius 3 is 2.97 bits per heavy atom. The van der Waals surface area contributed by atoms with Gasteiger partial charge in [0.15, 0.2) is 0 Å². The lowest BCUT2D eigenvalue weighted by molar-refractivity contribution is 0.0920. The number of anilines is 1. The first kappa shape index (κ1) is 20.1. The lowest BCUT2D eigenvalue weighted by atomic mass is 10.1. The van der Waals surface area contributed by atoms with Crippen LogP contribution in [0.3, 0.4) is 0 Å². The maximum absolute atomic E-state index is 13.6. The first-order valence-electron chi connectivity index (χ1n) is 10.2. The van der Waals surface area contributed by atoms with Crippen LogP contribution in [0, 0.1) is 6.08 Å². The summed E-state index contributed by atoms with van der Waals surface area (Å²) in [5.41, 5.74) is 2.35. The Morgan fingerprint density at radius 2 is 2.12 bits per heavy atom. The van der Waals surface area contributed by atoms with Crippen LogP contribution in [-0.2, 0) is 11.3 Å². The number of carbonyl (C=O) groups is 1. The number of rotatable bonds is 5. The van der Waals surface area contributed by atoms with Gasteiger partial charge >= 0.3 is 6.08 Å². The highest BCUT2D eigenvalue weighted by molar-refractivity contribution is 6.16. The zero-order valence-corrected chi connectivity index (χ0v) is 17.4. The highest BCUT2D eigenvalue weighted by Gasteiger charge is 2.26. The van der Waals surface area contributed by atoms with Crippen LogP contribution in [0.5, 0.6) is 11.8 Å². The topological polar surface area (TPSA) is 111 Å². The Bertz CT molecular complexity index is 1340. The van der Waals surface area contributed by atoms with Crippen molar-refractivity contribution in [3.63, 3.8) is 0 Å². The zero-order valence-electron chi connectivity index (χ0n) is 17.4. The van der Waals surface area contributed by atoms with Crippen LogP contribution < -0.4 is 15.4 Å². The second-order valence-corrected chi connectivity index (χ2v) is 7.43. The van der Waals surface area contributed by atoms with Crippen LogP contribution >= 0.6 is 0 Å². The first-order valence-corrected chi connectivity index (χ1v) is 10.2. The van der Waals surface area contributed by atoms with E-state index in [0.29, 0.717) is 35.5 Å². The Kier molecular flexibility index (Phi) is 5.06. The van der Waals surface area contributed by atoms with E-state index in [1.165, 1.54) is 6.20 Å². The SMILES string of the molecule is CCOCc1cnc(F)nc1Oc1ccc2c(ccc3oc4c(c32)NCC(C)NC4=O)n1. The summed E-state index contributed by atoms with van der Waals surface area (Å²) in [6, 6.07) is 6.98. The average Bonchev–Trinajstić information content (AvgIpc) is 3.09. The van der Waals surface area contributed by atoms with Gasteiger partial charge in [0.25, 0.3) is 5.91 Å². The van der Waals surface area contributed by atoms with Crippen LogP contribution in [-0.4, -0.2) is 40.1 Å². The van der Waals surface area contributed by atoms with E-state index in [4.69, 9.17) is 13.9 Å². The Balaban J connectivity index is 1.55. The maximum Gasteiger partial charge on any atom is 0.311 e. The standard InChI is InChI=1S/C22H20FN5O4/c1-3-30-10-12-9-25-22(23)28-21(12)32-16-7-4-13-14(27-16)5-6-15-17(13)18-19(31-15)20(29)26-11(2)8-24-18/h4-7,9,11,24H,3,8,10H2,1-2H3,(H,26,29). The van der Waals surface area contributed by atoms with Crippen LogP contribution in [0.2, 0.25) is 0 Å². The van der Waals surface area contributed by atoms with Crippen LogP contribution in [0.15, 0.2) is 34.9 Å². The van der Waals surface area contributed by atoms with Gasteiger partial charge in [-0.1, -0.05) is 0 Å². The van der Waals surface area contributed by atoms with Crippen molar-refractivity contribution in [2.75, 3.05) is 18.5 Å². The van der Waals surface area contributed by atoms with Crippen molar-refractivity contribution in [2.24, 2.45) is 0 Å². The summed E-state index contributed by atoms with van der Waals surface area (Å²) in [5, 5.41) is 7.74. The van der Waals surface area contributed by atoms with Gasteiger partial charge in [-0.25, -0.2) is 9.97 Å². The minimum Gasteiger partial charge on any atom is -0.449 e. The van der Waals surface area contributed by atoms with E-state index >= 15 is 0 Å². The lowest BCUT2D eigenvalue weighted by Gasteiger charge is -2.11. The minimum atomic E-state index is -0.901. The summed E-state index contributed by atoms with van der Waals surface area (Å²) in [7, 11) is 0. The molecule has 1 aliphatic heterocycles. The number of hydrogen-bond acceptors (Lipinski definition) is 8. The number of halogens is 1. The first-order chi connectivity index (χ1) is 15.5. The Labute approximate surface area is 182 Å². The molecule has 0 fully saturated rings. The Morgan fingerprint density at radius 1 is 1.25 bits per heavy atom. The molecule has 4 aromatic rings. The molecule has 1 aliphatic rings. The van der Waals surface area contributed by atoms with E-state index in [9.17, 15) is 9.18 Å². The molecule has 4 heterocycles. The zero-order chi connectivity index (χ0) is 22.2. The quantitative estimate of drug-likeness (QED) is 0.454. The summed E-state index contributed by atoms with van der Waals surface area (Å²) >= 11 is 0. The fraction of sp³-hybridized carbons (Fsp3) is 0.273. The summed E-state index contributed by atoms with van der Waals surface area (Å²) in [4.78, 5) is 24.3. The van der Waals surface area contributed by atoms with Crippen molar-refractivity contribution < 1.29 is 23.1 Å². The number of nitrogens with zero attached hydrogens (tertiary/aromatic N) is 3. The van der Waals surface area contributed by atoms with Crippen molar-refractivity contribution in [1.82, 2.24) is 20.3 Å². The molecule has 0 saturated heterocycles. The maximum atomic E-state index is 13.6. The molecule has 10 heteroatoms. The third-order valence-corrected chi connectivity index (χ3v) is 5.12. The molecular formula is C22H20FN5O4. The monoisotopic (exact) mass is 437 g/mol. The molecule has 1 amide bonds. The molecule has 5 rings (SSSR count). The summed E-state index contributed by atoms with van der Waals surface area (Å²) in [5.74, 6) is 0.265. The van der Waals surface area contributed by atoms with E-state index in [2.05, 4.69) is 25.6 Å². The highest BCUT2D eigenvalue weighted by atomic mass is 19.1. The van der Waals surface area contributed by atoms with E-state index in [-0.39, 0.29) is 36.1 Å². The van der Waals surface area contributed by atoms with Crippen LogP contribution in [0.4, 0.5) is 10.1 Å². The summed E-state index contributed by atoms with van der Waals surface area (Å²) in [6.07, 6.45) is 0.429. The van der Waals surface area contributed by atoms with Gasteiger partial charge in [-0.3, -0.25) is 4.79 Å². The molecular weight excluding hydrogens is 417 g/mol. The molecule has 32 heavy (non-hydrogen) atoms. The number of ether oxygens (including phenoxy) is 2. The van der Waals surface area contributed by atoms with Crippen molar-refractivity contribution >= 4 is 33.5 Å². The number of pyridine rings is 1. The normalized spacial score (nSPS) is 15.8. The predicted octanol–water partition coefficient (Wildman–Crippen LogP) is 3.78. The number of hydrogen-bond donors (Lipinski definition) is 2. The third-order valence-electron chi connectivity index (χ3n) is 5.12. The predicted molar refractivity (Wildman–Crippen MR) is 114 cm³/mol. The number of benzene rings is 1. The van der Waals surface area contributed by atoms with Gasteiger partial charge in [0, 0.05) is 36.8 Å². The fourth-order valence-corrected chi connectivity index (χ4v) is 3.63. The molecule has 0 spiro atoms. The molecule has 0 aliphatic carbocycles. The van der Waals surface area contributed by atoms with Gasteiger partial charge in [-0.2, -0.15) is 9.37 Å². The van der Waals surface area contributed by atoms with Crippen molar-refractivity contribution in [1.29, 1.82) is 0 Å². The van der Waals surface area contributed by atoms with Crippen LogP contribution in [0.1, 0.15) is 30.0 Å². The summed E-state index contributed by atoms with van der Waals surface area (Å²) in [6.45, 7) is 5.01. The molecule has 2 N–H and O–H groups in total. The average molecular weight is 437 g/mol. The van der Waals surface area contributed by atoms with Gasteiger partial charge in [0.2, 0.25) is 17.5 Å². The van der Waals surface area contributed by atoms with E-state index in [0.717, 1.165) is 10.8 Å². The smallest absolute Gasteiger partial charge is 0.311 e. The number of furan rings is 1. The minimum absolute atomic E-state index is 0.0348. The van der Waals surface area contributed by atoms with Crippen molar-refractivity contribution in [2.45, 2.75) is 26.5 Å². The highest BCUT2D eigenvalue weighted by Crippen LogP contribution is 2.38. The molecule has 164 valence electrons. The number of fused-ring (bicyclic) bond motifs is 5. The third kappa shape index (κ3) is 3.58. The molecule has 0 saturated carbocycles. The van der Waals surface area contributed by atoms with Gasteiger partial charge in [0.1, 0.15) is 5.58 Å². The molecule has 1 aromatic carbocycles. The van der Waals surface area contributed by atoms with Crippen molar-refractivity contribution in [3.8, 4) is 11.8 Å². The molecule has 0 radical (unpaired) electrons. The summed E-state index contributed by atoms with van der Waals surface area (Å²) < 4.78 is 30.6. The molecule has 3 aromatic heterocycles. The van der Waals surface area contributed by atoms with E-state index in [1.54, 1.807) is 18.2 Å². The second kappa shape index (κ2) is 8.04. The van der Waals surface area contributed by atoms with E-state index in [1.807, 2.05) is 19.9 Å². The molecule has 0 bridgehead atoms. The fourth-order valence-electron chi connectivity index (χ4n) is 3.63. The Hall–Kier alpha value is -3.79. The molecule has 1 unspecified atom stereocenters. The van der Waals surface area contributed by atoms with Gasteiger partial charge in [-0.15, -0.1) is 0 Å². The van der Waals surface area contributed by atoms with E-state index < -0.39 is 6.08 Å². The van der Waals surface area contributed by atoms with Gasteiger partial charge in [-0.05, 0) is 32.0 Å². The van der Waals surface area contributed by atoms with Gasteiger partial charge in [0.05, 0.1) is 28.8 Å². The second-order valence-electron chi connectivity index (χ2n) is 7.43. The lowest BCUT2D eigenvalue weighted by Crippen LogP contribution is -2.34. The molecule has 1 atom stereocenters. The van der Waals surface area contributed by atoms with Crippen molar-refractivity contribution in [3.05, 3.63) is 47.9 Å².